The summed E-state index contributed by atoms with van der Waals surface area (Å²) in [5.74, 6) is 0.129. The lowest BCUT2D eigenvalue weighted by Crippen LogP contribution is -2.51. The van der Waals surface area contributed by atoms with Crippen LogP contribution in [0.4, 0.5) is 5.69 Å². The van der Waals surface area contributed by atoms with E-state index in [-0.39, 0.29) is 24.5 Å². The van der Waals surface area contributed by atoms with Gasteiger partial charge in [-0.15, -0.1) is 0 Å². The average molecular weight is 429 g/mol. The van der Waals surface area contributed by atoms with E-state index in [2.05, 4.69) is 40.0 Å². The minimum atomic E-state index is -0.215. The van der Waals surface area contributed by atoms with E-state index in [0.717, 1.165) is 41.7 Å². The van der Waals surface area contributed by atoms with E-state index in [0.29, 0.717) is 12.6 Å². The minimum absolute atomic E-state index is 0.0581. The largest absolute Gasteiger partial charge is 0.352 e. The molecular formula is C26H28N4O2. The lowest BCUT2D eigenvalue weighted by atomic mass is 9.96. The van der Waals surface area contributed by atoms with Gasteiger partial charge in [-0.05, 0) is 43.0 Å². The number of hydrogen-bond acceptors (Lipinski definition) is 3. The van der Waals surface area contributed by atoms with Crippen molar-refractivity contribution in [1.82, 2.24) is 14.8 Å². The first-order valence-electron chi connectivity index (χ1n) is 11.7. The molecule has 32 heavy (non-hydrogen) atoms. The zero-order valence-corrected chi connectivity index (χ0v) is 18.4. The summed E-state index contributed by atoms with van der Waals surface area (Å²) in [7, 11) is 2.05. The molecule has 1 aliphatic carbocycles. The third kappa shape index (κ3) is 2.85. The van der Waals surface area contributed by atoms with Crippen LogP contribution in [0.1, 0.15) is 53.5 Å². The van der Waals surface area contributed by atoms with E-state index in [1.165, 1.54) is 23.8 Å². The van der Waals surface area contributed by atoms with Crippen molar-refractivity contribution in [3.05, 3.63) is 65.4 Å². The van der Waals surface area contributed by atoms with Gasteiger partial charge < -0.3 is 19.7 Å². The Labute approximate surface area is 187 Å². The van der Waals surface area contributed by atoms with Gasteiger partial charge in [0.2, 0.25) is 5.91 Å². The number of hydrogen-bond donors (Lipinski definition) is 1. The van der Waals surface area contributed by atoms with Gasteiger partial charge in [0.25, 0.3) is 5.91 Å². The molecule has 1 aromatic heterocycles. The topological polar surface area (TPSA) is 57.6 Å². The van der Waals surface area contributed by atoms with E-state index in [4.69, 9.17) is 0 Å². The van der Waals surface area contributed by atoms with Crippen molar-refractivity contribution in [1.29, 1.82) is 0 Å². The van der Waals surface area contributed by atoms with Gasteiger partial charge in [0.1, 0.15) is 12.7 Å². The number of nitrogens with zero attached hydrogens (tertiary/aromatic N) is 3. The maximum absolute atomic E-state index is 13.4. The third-order valence-electron chi connectivity index (χ3n) is 7.43. The monoisotopic (exact) mass is 428 g/mol. The van der Waals surface area contributed by atoms with Gasteiger partial charge in [0.15, 0.2) is 0 Å². The summed E-state index contributed by atoms with van der Waals surface area (Å²) in [6, 6.07) is 16.4. The molecule has 0 spiro atoms. The second-order valence-electron chi connectivity index (χ2n) is 9.27. The Morgan fingerprint density at radius 1 is 1.06 bits per heavy atom. The Hall–Kier alpha value is -3.28. The van der Waals surface area contributed by atoms with Crippen molar-refractivity contribution < 1.29 is 9.59 Å². The molecule has 3 heterocycles. The molecule has 2 aliphatic heterocycles. The summed E-state index contributed by atoms with van der Waals surface area (Å²) in [6.07, 6.45) is 5.10. The number of nitrogens with one attached hydrogen (secondary N) is 1. The van der Waals surface area contributed by atoms with E-state index in [1.807, 2.05) is 35.2 Å². The maximum Gasteiger partial charge on any atom is 0.257 e. The highest BCUT2D eigenvalue weighted by atomic mass is 16.2. The average Bonchev–Trinajstić information content (AvgIpc) is 3.43. The SMILES string of the molecule is CN1c2ccccc2C(=O)N2CCc3c(n(CC(=O)NC4CCCC4)c4ccccc34)C21. The molecular weight excluding hydrogens is 400 g/mol. The van der Waals surface area contributed by atoms with E-state index in [9.17, 15) is 9.59 Å². The predicted molar refractivity (Wildman–Crippen MR) is 125 cm³/mol. The molecule has 2 amide bonds. The Kier molecular flexibility index (Phi) is 4.49. The zero-order chi connectivity index (χ0) is 21.8. The van der Waals surface area contributed by atoms with Crippen LogP contribution in [0.5, 0.6) is 0 Å². The number of aromatic nitrogens is 1. The predicted octanol–water partition coefficient (Wildman–Crippen LogP) is 3.85. The highest BCUT2D eigenvalue weighted by Crippen LogP contribution is 2.44. The number of amides is 2. The van der Waals surface area contributed by atoms with E-state index >= 15 is 0 Å². The van der Waals surface area contributed by atoms with Gasteiger partial charge in [-0.2, -0.15) is 0 Å². The summed E-state index contributed by atoms with van der Waals surface area (Å²) in [6.45, 7) is 0.956. The number of benzene rings is 2. The van der Waals surface area contributed by atoms with Gasteiger partial charge in [-0.1, -0.05) is 43.2 Å². The second-order valence-corrected chi connectivity index (χ2v) is 9.27. The minimum Gasteiger partial charge on any atom is -0.352 e. The van der Waals surface area contributed by atoms with Gasteiger partial charge in [0.05, 0.1) is 16.9 Å². The quantitative estimate of drug-likeness (QED) is 0.690. The van der Waals surface area contributed by atoms with Crippen LogP contribution in [0.3, 0.4) is 0 Å². The Morgan fingerprint density at radius 2 is 1.81 bits per heavy atom. The molecule has 1 N–H and O–H groups in total. The number of carbonyl (C=O) groups excluding carboxylic acids is 2. The van der Waals surface area contributed by atoms with Crippen molar-refractivity contribution >= 4 is 28.4 Å². The molecule has 3 aromatic rings. The van der Waals surface area contributed by atoms with Gasteiger partial charge in [-0.25, -0.2) is 0 Å². The van der Waals surface area contributed by atoms with Crippen LogP contribution in [0.25, 0.3) is 10.9 Å². The number of fused-ring (bicyclic) bond motifs is 6. The van der Waals surface area contributed by atoms with Crippen LogP contribution < -0.4 is 10.2 Å². The number of para-hydroxylation sites is 2. The summed E-state index contributed by atoms with van der Waals surface area (Å²) in [5.41, 5.74) is 5.09. The highest BCUT2D eigenvalue weighted by Gasteiger charge is 2.42. The normalized spacial score (nSPS) is 20.3. The fourth-order valence-electron chi connectivity index (χ4n) is 5.97. The van der Waals surface area contributed by atoms with Crippen LogP contribution in [0.15, 0.2) is 48.5 Å². The molecule has 0 bridgehead atoms. The van der Waals surface area contributed by atoms with Gasteiger partial charge in [0, 0.05) is 30.5 Å². The summed E-state index contributed by atoms with van der Waals surface area (Å²) in [4.78, 5) is 30.6. The summed E-state index contributed by atoms with van der Waals surface area (Å²) < 4.78 is 2.16. The Morgan fingerprint density at radius 3 is 2.66 bits per heavy atom. The molecule has 0 saturated heterocycles. The molecule has 1 saturated carbocycles. The number of anilines is 1. The molecule has 6 rings (SSSR count). The summed E-state index contributed by atoms with van der Waals surface area (Å²) >= 11 is 0. The van der Waals surface area contributed by atoms with Crippen molar-refractivity contribution in [2.45, 2.75) is 50.9 Å². The molecule has 6 nitrogen and oxygen atoms in total. The van der Waals surface area contributed by atoms with Gasteiger partial charge >= 0.3 is 0 Å². The Balaban J connectivity index is 1.47. The molecule has 1 unspecified atom stereocenters. The van der Waals surface area contributed by atoms with Crippen LogP contribution >= 0.6 is 0 Å². The molecule has 3 aliphatic rings. The van der Waals surface area contributed by atoms with Gasteiger partial charge in [-0.3, -0.25) is 9.59 Å². The lowest BCUT2D eigenvalue weighted by molar-refractivity contribution is -0.122. The molecule has 0 radical (unpaired) electrons. The highest BCUT2D eigenvalue weighted by molar-refractivity contribution is 6.02. The van der Waals surface area contributed by atoms with Crippen molar-refractivity contribution in [3.63, 3.8) is 0 Å². The van der Waals surface area contributed by atoms with Crippen LogP contribution in [0, 0.1) is 0 Å². The lowest BCUT2D eigenvalue weighted by Gasteiger charge is -2.46. The van der Waals surface area contributed by atoms with E-state index < -0.39 is 0 Å². The van der Waals surface area contributed by atoms with Crippen LogP contribution in [-0.2, 0) is 17.8 Å². The summed E-state index contributed by atoms with van der Waals surface area (Å²) in [5, 5.41) is 4.43. The van der Waals surface area contributed by atoms with Crippen LogP contribution in [0.2, 0.25) is 0 Å². The van der Waals surface area contributed by atoms with E-state index in [1.54, 1.807) is 0 Å². The van der Waals surface area contributed by atoms with Crippen LogP contribution in [-0.4, -0.2) is 40.9 Å². The van der Waals surface area contributed by atoms with Crippen molar-refractivity contribution in [2.75, 3.05) is 18.5 Å². The first-order chi connectivity index (χ1) is 15.6. The Bertz CT molecular complexity index is 1220. The fourth-order valence-corrected chi connectivity index (χ4v) is 5.97. The smallest absolute Gasteiger partial charge is 0.257 e. The van der Waals surface area contributed by atoms with Crippen molar-refractivity contribution in [3.8, 4) is 0 Å². The maximum atomic E-state index is 13.4. The first-order valence-corrected chi connectivity index (χ1v) is 11.7. The number of carbonyl (C=O) groups is 2. The standard InChI is InChI=1S/C26H28N4O2/c1-28-21-12-6-5-11-20(21)26(32)29-15-14-19-18-10-4-7-13-22(18)30(24(19)25(28)29)16-23(31)27-17-8-2-3-9-17/h4-7,10-13,17,25H,2-3,8-9,14-16H2,1H3,(H,27,31). The fraction of sp³-hybridized carbons (Fsp3) is 0.385. The van der Waals surface area contributed by atoms with Crippen molar-refractivity contribution in [2.24, 2.45) is 0 Å². The first kappa shape index (κ1) is 19.4. The molecule has 6 heteroatoms. The second kappa shape index (κ2) is 7.40. The third-order valence-corrected chi connectivity index (χ3v) is 7.43. The zero-order valence-electron chi connectivity index (χ0n) is 18.4. The molecule has 1 atom stereocenters. The number of rotatable bonds is 3. The molecule has 1 fully saturated rings. The molecule has 164 valence electrons. The molecule has 2 aromatic carbocycles.